The number of carbonyl (C=O) groups excluding carboxylic acids is 1. The second kappa shape index (κ2) is 7.74. The highest BCUT2D eigenvalue weighted by Crippen LogP contribution is 2.28. The Morgan fingerprint density at radius 1 is 1.00 bits per heavy atom. The summed E-state index contributed by atoms with van der Waals surface area (Å²) in [6, 6.07) is 19.4. The van der Waals surface area contributed by atoms with E-state index in [4.69, 9.17) is 16.6 Å². The van der Waals surface area contributed by atoms with Crippen LogP contribution in [0.4, 0.5) is 0 Å². The molecule has 0 aliphatic carbocycles. The van der Waals surface area contributed by atoms with Crippen molar-refractivity contribution >= 4 is 28.4 Å². The van der Waals surface area contributed by atoms with E-state index >= 15 is 0 Å². The Balaban J connectivity index is 1.81. The molecular formula is C22H17ClN4O. The van der Waals surface area contributed by atoms with Gasteiger partial charge >= 0.3 is 0 Å². The van der Waals surface area contributed by atoms with Crippen molar-refractivity contribution in [2.24, 2.45) is 0 Å². The SMILES string of the molecule is CC(=O)N[C@@H](c1ccc2ccc(-c3ccccc3)nc2c1)c1nccnc1Cl. The molecule has 2 aromatic heterocycles. The van der Waals surface area contributed by atoms with Gasteiger partial charge in [0.15, 0.2) is 5.15 Å². The van der Waals surface area contributed by atoms with E-state index in [1.165, 1.54) is 13.1 Å². The first-order valence-corrected chi connectivity index (χ1v) is 9.19. The number of carbonyl (C=O) groups is 1. The molecule has 5 nitrogen and oxygen atoms in total. The van der Waals surface area contributed by atoms with E-state index < -0.39 is 6.04 Å². The van der Waals surface area contributed by atoms with Crippen LogP contribution in [0.2, 0.25) is 5.15 Å². The molecule has 0 saturated carbocycles. The molecule has 0 unspecified atom stereocenters. The second-order valence-corrected chi connectivity index (χ2v) is 6.74. The van der Waals surface area contributed by atoms with Crippen molar-refractivity contribution in [2.75, 3.05) is 0 Å². The van der Waals surface area contributed by atoms with Gasteiger partial charge in [-0.05, 0) is 17.7 Å². The van der Waals surface area contributed by atoms with Gasteiger partial charge in [0.2, 0.25) is 5.91 Å². The molecule has 0 radical (unpaired) electrons. The van der Waals surface area contributed by atoms with Crippen LogP contribution >= 0.6 is 11.6 Å². The molecule has 1 atom stereocenters. The van der Waals surface area contributed by atoms with Crippen LogP contribution in [0.15, 0.2) is 73.1 Å². The predicted octanol–water partition coefficient (Wildman–Crippen LogP) is 4.57. The minimum absolute atomic E-state index is 0.183. The summed E-state index contributed by atoms with van der Waals surface area (Å²) >= 11 is 6.24. The van der Waals surface area contributed by atoms with Crippen LogP contribution < -0.4 is 5.32 Å². The van der Waals surface area contributed by atoms with Crippen LogP contribution in [-0.4, -0.2) is 20.9 Å². The highest BCUT2D eigenvalue weighted by atomic mass is 35.5. The van der Waals surface area contributed by atoms with Crippen molar-refractivity contribution in [3.63, 3.8) is 0 Å². The number of aromatic nitrogens is 3. The normalized spacial score (nSPS) is 11.9. The molecule has 28 heavy (non-hydrogen) atoms. The van der Waals surface area contributed by atoms with Gasteiger partial charge in [-0.1, -0.05) is 60.1 Å². The van der Waals surface area contributed by atoms with Gasteiger partial charge in [-0.25, -0.2) is 9.97 Å². The highest BCUT2D eigenvalue weighted by molar-refractivity contribution is 6.30. The maximum Gasteiger partial charge on any atom is 0.217 e. The number of benzene rings is 2. The zero-order valence-corrected chi connectivity index (χ0v) is 15.9. The van der Waals surface area contributed by atoms with Gasteiger partial charge in [-0.2, -0.15) is 0 Å². The molecular weight excluding hydrogens is 372 g/mol. The van der Waals surface area contributed by atoms with Crippen LogP contribution in [0.5, 0.6) is 0 Å². The highest BCUT2D eigenvalue weighted by Gasteiger charge is 2.21. The summed E-state index contributed by atoms with van der Waals surface area (Å²) in [6.45, 7) is 1.46. The third-order valence-corrected chi connectivity index (χ3v) is 4.71. The summed E-state index contributed by atoms with van der Waals surface area (Å²) in [5.74, 6) is -0.183. The number of fused-ring (bicyclic) bond motifs is 1. The number of hydrogen-bond donors (Lipinski definition) is 1. The predicted molar refractivity (Wildman–Crippen MR) is 110 cm³/mol. The molecule has 1 amide bonds. The fourth-order valence-electron chi connectivity index (χ4n) is 3.12. The number of halogens is 1. The Morgan fingerprint density at radius 3 is 2.50 bits per heavy atom. The van der Waals surface area contributed by atoms with E-state index in [1.54, 1.807) is 6.20 Å². The Bertz CT molecular complexity index is 1150. The number of amides is 1. The second-order valence-electron chi connectivity index (χ2n) is 6.38. The molecule has 2 aromatic carbocycles. The minimum Gasteiger partial charge on any atom is -0.344 e. The van der Waals surface area contributed by atoms with Crippen molar-refractivity contribution in [2.45, 2.75) is 13.0 Å². The Labute approximate surface area is 167 Å². The van der Waals surface area contributed by atoms with Crippen molar-refractivity contribution in [3.8, 4) is 11.3 Å². The van der Waals surface area contributed by atoms with Crippen LogP contribution in [0.3, 0.4) is 0 Å². The lowest BCUT2D eigenvalue weighted by Gasteiger charge is -2.19. The summed E-state index contributed by atoms with van der Waals surface area (Å²) < 4.78 is 0. The summed E-state index contributed by atoms with van der Waals surface area (Å²) in [4.78, 5) is 25.0. The van der Waals surface area contributed by atoms with E-state index in [0.717, 1.165) is 27.7 Å². The van der Waals surface area contributed by atoms with Gasteiger partial charge in [0.25, 0.3) is 0 Å². The van der Waals surface area contributed by atoms with E-state index in [2.05, 4.69) is 15.3 Å². The molecule has 0 spiro atoms. The number of nitrogens with one attached hydrogen (secondary N) is 1. The van der Waals surface area contributed by atoms with Crippen molar-refractivity contribution in [3.05, 3.63) is 89.5 Å². The topological polar surface area (TPSA) is 67.8 Å². The molecule has 0 bridgehead atoms. The molecule has 1 N–H and O–H groups in total. The Morgan fingerprint density at radius 2 is 1.75 bits per heavy atom. The molecule has 6 heteroatoms. The standard InChI is InChI=1S/C22H17ClN4O/c1-14(28)26-20(21-22(23)25-12-11-24-21)17-8-7-16-9-10-18(27-19(16)13-17)15-5-3-2-4-6-15/h2-13,20H,1H3,(H,26,28)/t20-/m0/s1. The maximum atomic E-state index is 11.8. The van der Waals surface area contributed by atoms with E-state index in [1.807, 2.05) is 60.7 Å². The third kappa shape index (κ3) is 3.70. The largest absolute Gasteiger partial charge is 0.344 e. The molecule has 138 valence electrons. The van der Waals surface area contributed by atoms with Crippen molar-refractivity contribution in [1.82, 2.24) is 20.3 Å². The van der Waals surface area contributed by atoms with E-state index in [0.29, 0.717) is 5.69 Å². The average molecular weight is 389 g/mol. The molecule has 4 aromatic rings. The third-order valence-electron chi connectivity index (χ3n) is 4.42. The lowest BCUT2D eigenvalue weighted by atomic mass is 10.0. The van der Waals surface area contributed by atoms with Gasteiger partial charge in [-0.3, -0.25) is 9.78 Å². The van der Waals surface area contributed by atoms with Gasteiger partial charge in [0.1, 0.15) is 5.69 Å². The monoisotopic (exact) mass is 388 g/mol. The average Bonchev–Trinajstić information content (AvgIpc) is 2.72. The van der Waals surface area contributed by atoms with Gasteiger partial charge in [-0.15, -0.1) is 0 Å². The Kier molecular flexibility index (Phi) is 5.00. The van der Waals surface area contributed by atoms with Gasteiger partial charge < -0.3 is 5.32 Å². The quantitative estimate of drug-likeness (QED) is 0.556. The molecule has 0 aliphatic heterocycles. The lowest BCUT2D eigenvalue weighted by Crippen LogP contribution is -2.28. The van der Waals surface area contributed by atoms with E-state index in [9.17, 15) is 4.79 Å². The van der Waals surface area contributed by atoms with Gasteiger partial charge in [0, 0.05) is 30.3 Å². The Hall–Kier alpha value is -3.31. The minimum atomic E-state index is -0.509. The number of rotatable bonds is 4. The van der Waals surface area contributed by atoms with Crippen LogP contribution in [0, 0.1) is 0 Å². The first kappa shape index (κ1) is 18.1. The number of pyridine rings is 1. The molecule has 0 aliphatic rings. The summed E-state index contributed by atoms with van der Waals surface area (Å²) in [7, 11) is 0. The fourth-order valence-corrected chi connectivity index (χ4v) is 3.34. The van der Waals surface area contributed by atoms with Crippen LogP contribution in [-0.2, 0) is 4.79 Å². The maximum absolute atomic E-state index is 11.8. The zero-order chi connectivity index (χ0) is 19.5. The molecule has 4 rings (SSSR count). The fraction of sp³-hybridized carbons (Fsp3) is 0.0909. The van der Waals surface area contributed by atoms with Crippen LogP contribution in [0.1, 0.15) is 24.2 Å². The molecule has 0 saturated heterocycles. The smallest absolute Gasteiger partial charge is 0.217 e. The summed E-state index contributed by atoms with van der Waals surface area (Å²) in [6.07, 6.45) is 3.08. The summed E-state index contributed by atoms with van der Waals surface area (Å²) in [5, 5.41) is 4.18. The number of nitrogens with zero attached hydrogens (tertiary/aromatic N) is 3. The zero-order valence-electron chi connectivity index (χ0n) is 15.1. The lowest BCUT2D eigenvalue weighted by molar-refractivity contribution is -0.119. The van der Waals surface area contributed by atoms with Gasteiger partial charge in [0.05, 0.1) is 17.3 Å². The van der Waals surface area contributed by atoms with E-state index in [-0.39, 0.29) is 11.1 Å². The first-order chi connectivity index (χ1) is 13.6. The number of hydrogen-bond acceptors (Lipinski definition) is 4. The van der Waals surface area contributed by atoms with Crippen LogP contribution in [0.25, 0.3) is 22.2 Å². The van der Waals surface area contributed by atoms with Crippen molar-refractivity contribution < 1.29 is 4.79 Å². The summed E-state index contributed by atoms with van der Waals surface area (Å²) in [5.41, 5.74) is 4.10. The molecule has 2 heterocycles. The first-order valence-electron chi connectivity index (χ1n) is 8.81. The van der Waals surface area contributed by atoms with Crippen molar-refractivity contribution in [1.29, 1.82) is 0 Å². The molecule has 0 fully saturated rings.